The van der Waals surface area contributed by atoms with Gasteiger partial charge in [-0.25, -0.2) is 8.42 Å². The molecule has 0 aliphatic carbocycles. The third-order valence-corrected chi connectivity index (χ3v) is 4.55. The number of nitrogens with zero attached hydrogens (tertiary/aromatic N) is 3. The number of hydrogen-bond donors (Lipinski definition) is 0. The van der Waals surface area contributed by atoms with E-state index in [1.165, 1.54) is 0 Å². The molecule has 102 valence electrons. The predicted molar refractivity (Wildman–Crippen MR) is 72.5 cm³/mol. The molecule has 2 aromatic rings. The summed E-state index contributed by atoms with van der Waals surface area (Å²) in [5, 5.41) is 7.69. The lowest BCUT2D eigenvalue weighted by atomic mass is 10.2. The highest BCUT2D eigenvalue weighted by Crippen LogP contribution is 2.16. The van der Waals surface area contributed by atoms with Gasteiger partial charge in [0.1, 0.15) is 5.82 Å². The number of benzene rings is 1. The molecule has 0 aliphatic rings. The van der Waals surface area contributed by atoms with Crippen LogP contribution in [0.5, 0.6) is 0 Å². The lowest BCUT2D eigenvalue weighted by Crippen LogP contribution is -2.13. The molecule has 0 aliphatic heterocycles. The molecular formula is C13H17N3O2S. The second kappa shape index (κ2) is 5.13. The zero-order valence-electron chi connectivity index (χ0n) is 11.3. The minimum Gasteiger partial charge on any atom is -0.302 e. The Hall–Kier alpha value is -1.69. The monoisotopic (exact) mass is 279 g/mol. The average Bonchev–Trinajstić information content (AvgIpc) is 2.74. The highest BCUT2D eigenvalue weighted by molar-refractivity contribution is 7.90. The molecule has 0 fully saturated rings. The summed E-state index contributed by atoms with van der Waals surface area (Å²) in [4.78, 5) is 0. The van der Waals surface area contributed by atoms with Gasteiger partial charge in [0, 0.05) is 6.54 Å². The maximum atomic E-state index is 12.4. The summed E-state index contributed by atoms with van der Waals surface area (Å²) in [7, 11) is -3.46. The van der Waals surface area contributed by atoms with E-state index in [2.05, 4.69) is 10.2 Å². The Morgan fingerprint density at radius 2 is 1.74 bits per heavy atom. The maximum absolute atomic E-state index is 12.4. The first-order valence-electron chi connectivity index (χ1n) is 6.12. The van der Waals surface area contributed by atoms with Crippen LogP contribution in [0.15, 0.2) is 29.4 Å². The second-order valence-corrected chi connectivity index (χ2v) is 6.40. The number of sulfone groups is 1. The minimum atomic E-state index is -3.46. The predicted octanol–water partition coefficient (Wildman–Crippen LogP) is 1.89. The second-order valence-electron chi connectivity index (χ2n) is 4.52. The Kier molecular flexibility index (Phi) is 3.71. The van der Waals surface area contributed by atoms with Crippen molar-refractivity contribution >= 4 is 9.84 Å². The quantitative estimate of drug-likeness (QED) is 0.857. The Morgan fingerprint density at radius 1 is 1.11 bits per heavy atom. The summed E-state index contributed by atoms with van der Waals surface area (Å²) in [5.41, 5.74) is 1.86. The van der Waals surface area contributed by atoms with Gasteiger partial charge in [0.2, 0.25) is 15.0 Å². The molecular weight excluding hydrogens is 262 g/mol. The van der Waals surface area contributed by atoms with Gasteiger partial charge in [0.05, 0.1) is 5.75 Å². The van der Waals surface area contributed by atoms with Crippen molar-refractivity contribution in [3.05, 3.63) is 41.2 Å². The number of aryl methyl sites for hydroxylation is 2. The molecule has 1 aromatic heterocycles. The SMILES string of the molecule is CCn1c(C)nnc1S(=O)(=O)Cc1ccc(C)cc1. The lowest BCUT2D eigenvalue weighted by molar-refractivity contribution is 0.564. The fourth-order valence-corrected chi connectivity index (χ4v) is 3.45. The van der Waals surface area contributed by atoms with Crippen LogP contribution in [-0.2, 0) is 22.1 Å². The molecule has 0 spiro atoms. The lowest BCUT2D eigenvalue weighted by Gasteiger charge is -2.06. The largest absolute Gasteiger partial charge is 0.302 e. The molecule has 0 atom stereocenters. The highest BCUT2D eigenvalue weighted by atomic mass is 32.2. The molecule has 2 rings (SSSR count). The molecule has 0 unspecified atom stereocenters. The first-order chi connectivity index (χ1) is 8.94. The normalized spacial score (nSPS) is 11.7. The Bertz CT molecular complexity index is 672. The number of hydrogen-bond acceptors (Lipinski definition) is 4. The van der Waals surface area contributed by atoms with E-state index in [4.69, 9.17) is 0 Å². The van der Waals surface area contributed by atoms with Gasteiger partial charge in [0.25, 0.3) is 0 Å². The summed E-state index contributed by atoms with van der Waals surface area (Å²) < 4.78 is 26.3. The highest BCUT2D eigenvalue weighted by Gasteiger charge is 2.23. The van der Waals surface area contributed by atoms with Gasteiger partial charge < -0.3 is 4.57 Å². The van der Waals surface area contributed by atoms with E-state index in [1.807, 2.05) is 38.1 Å². The molecule has 0 radical (unpaired) electrons. The van der Waals surface area contributed by atoms with Crippen molar-refractivity contribution in [1.82, 2.24) is 14.8 Å². The zero-order valence-corrected chi connectivity index (χ0v) is 12.1. The van der Waals surface area contributed by atoms with Gasteiger partial charge in [-0.15, -0.1) is 10.2 Å². The molecule has 0 N–H and O–H groups in total. The molecule has 0 saturated heterocycles. The van der Waals surface area contributed by atoms with Crippen molar-refractivity contribution in [2.24, 2.45) is 0 Å². The average molecular weight is 279 g/mol. The fourth-order valence-electron chi connectivity index (χ4n) is 1.92. The van der Waals surface area contributed by atoms with E-state index in [1.54, 1.807) is 11.5 Å². The molecule has 1 heterocycles. The molecule has 19 heavy (non-hydrogen) atoms. The standard InChI is InChI=1S/C13H17N3O2S/c1-4-16-11(3)14-15-13(16)19(17,18)9-12-7-5-10(2)6-8-12/h5-8H,4,9H2,1-3H3. The van der Waals surface area contributed by atoms with Crippen LogP contribution in [0.3, 0.4) is 0 Å². The summed E-state index contributed by atoms with van der Waals surface area (Å²) in [6, 6.07) is 7.46. The van der Waals surface area contributed by atoms with E-state index in [0.717, 1.165) is 11.1 Å². The van der Waals surface area contributed by atoms with Crippen molar-refractivity contribution in [1.29, 1.82) is 0 Å². The molecule has 1 aromatic carbocycles. The smallest absolute Gasteiger partial charge is 0.250 e. The summed E-state index contributed by atoms with van der Waals surface area (Å²) in [6.07, 6.45) is 0. The van der Waals surface area contributed by atoms with E-state index >= 15 is 0 Å². The maximum Gasteiger partial charge on any atom is 0.250 e. The molecule has 5 nitrogen and oxygen atoms in total. The molecule has 0 saturated carbocycles. The van der Waals surface area contributed by atoms with Gasteiger partial charge in [0.15, 0.2) is 0 Å². The summed E-state index contributed by atoms with van der Waals surface area (Å²) in [5.74, 6) is 0.566. The van der Waals surface area contributed by atoms with Crippen LogP contribution in [0, 0.1) is 13.8 Å². The van der Waals surface area contributed by atoms with E-state index in [9.17, 15) is 8.42 Å². The molecule has 0 amide bonds. The summed E-state index contributed by atoms with van der Waals surface area (Å²) >= 11 is 0. The Morgan fingerprint density at radius 3 is 2.32 bits per heavy atom. The Labute approximate surface area is 113 Å². The van der Waals surface area contributed by atoms with Gasteiger partial charge in [-0.1, -0.05) is 29.8 Å². The van der Waals surface area contributed by atoms with Crippen molar-refractivity contribution < 1.29 is 8.42 Å². The van der Waals surface area contributed by atoms with Crippen LogP contribution in [0.25, 0.3) is 0 Å². The van der Waals surface area contributed by atoms with Crippen LogP contribution in [0.1, 0.15) is 23.9 Å². The first kappa shape index (κ1) is 13.7. The zero-order chi connectivity index (χ0) is 14.0. The molecule has 0 bridgehead atoms. The third kappa shape index (κ3) is 2.84. The van der Waals surface area contributed by atoms with Gasteiger partial charge in [-0.3, -0.25) is 0 Å². The van der Waals surface area contributed by atoms with Gasteiger partial charge in [-0.2, -0.15) is 0 Å². The van der Waals surface area contributed by atoms with Crippen LogP contribution in [0.2, 0.25) is 0 Å². The van der Waals surface area contributed by atoms with E-state index in [0.29, 0.717) is 12.4 Å². The number of rotatable bonds is 4. The Balaban J connectivity index is 2.35. The third-order valence-electron chi connectivity index (χ3n) is 2.97. The van der Waals surface area contributed by atoms with Crippen LogP contribution < -0.4 is 0 Å². The van der Waals surface area contributed by atoms with Gasteiger partial charge >= 0.3 is 0 Å². The van der Waals surface area contributed by atoms with Crippen molar-refractivity contribution in [3.63, 3.8) is 0 Å². The fraction of sp³-hybridized carbons (Fsp3) is 0.385. The van der Waals surface area contributed by atoms with Crippen molar-refractivity contribution in [2.45, 2.75) is 38.2 Å². The van der Waals surface area contributed by atoms with Gasteiger partial charge in [-0.05, 0) is 26.3 Å². The van der Waals surface area contributed by atoms with E-state index < -0.39 is 9.84 Å². The first-order valence-corrected chi connectivity index (χ1v) is 7.77. The van der Waals surface area contributed by atoms with Crippen molar-refractivity contribution in [3.8, 4) is 0 Å². The topological polar surface area (TPSA) is 64.8 Å². The van der Waals surface area contributed by atoms with Crippen LogP contribution >= 0.6 is 0 Å². The molecule has 6 heteroatoms. The van der Waals surface area contributed by atoms with Crippen LogP contribution in [-0.4, -0.2) is 23.2 Å². The van der Waals surface area contributed by atoms with E-state index in [-0.39, 0.29) is 10.9 Å². The minimum absolute atomic E-state index is 0.0491. The van der Waals surface area contributed by atoms with Crippen LogP contribution in [0.4, 0.5) is 0 Å². The van der Waals surface area contributed by atoms with Crippen molar-refractivity contribution in [2.75, 3.05) is 0 Å². The number of aromatic nitrogens is 3. The summed E-state index contributed by atoms with van der Waals surface area (Å²) in [6.45, 7) is 6.14.